The third-order valence-corrected chi connectivity index (χ3v) is 2.27. The second kappa shape index (κ2) is 3.65. The van der Waals surface area contributed by atoms with E-state index in [0.717, 1.165) is 10.9 Å². The van der Waals surface area contributed by atoms with Crippen molar-refractivity contribution < 1.29 is 14.3 Å². The maximum atomic E-state index is 11.4. The second-order valence-electron chi connectivity index (χ2n) is 3.05. The molecule has 0 unspecified atom stereocenters. The minimum atomic E-state index is -0.422. The highest BCUT2D eigenvalue weighted by molar-refractivity contribution is 5.93. The number of hydrogen-bond acceptors (Lipinski definition) is 3. The van der Waals surface area contributed by atoms with Crippen LogP contribution in [0.25, 0.3) is 10.9 Å². The Labute approximate surface area is 87.0 Å². The maximum Gasteiger partial charge on any atom is 0.418 e. The summed E-state index contributed by atoms with van der Waals surface area (Å²) < 4.78 is 11.3. The van der Waals surface area contributed by atoms with E-state index in [1.165, 1.54) is 11.7 Å². The van der Waals surface area contributed by atoms with Crippen molar-refractivity contribution in [2.24, 2.45) is 0 Å². The summed E-state index contributed by atoms with van der Waals surface area (Å²) in [5, 5.41) is 0.944. The molecule has 1 aromatic carbocycles. The summed E-state index contributed by atoms with van der Waals surface area (Å²) in [6, 6.07) is 7.44. The van der Waals surface area contributed by atoms with Gasteiger partial charge >= 0.3 is 6.09 Å². The largest absolute Gasteiger partial charge is 0.495 e. The predicted octanol–water partition coefficient (Wildman–Crippen LogP) is 2.26. The van der Waals surface area contributed by atoms with Crippen molar-refractivity contribution in [2.45, 2.75) is 0 Å². The van der Waals surface area contributed by atoms with Crippen molar-refractivity contribution >= 4 is 17.0 Å². The number of para-hydroxylation sites is 1. The van der Waals surface area contributed by atoms with Crippen LogP contribution in [0.5, 0.6) is 5.75 Å². The van der Waals surface area contributed by atoms with Crippen molar-refractivity contribution in [3.63, 3.8) is 0 Å². The summed E-state index contributed by atoms with van der Waals surface area (Å²) >= 11 is 0. The average Bonchev–Trinajstić information content (AvgIpc) is 2.71. The van der Waals surface area contributed by atoms with Gasteiger partial charge in [0.25, 0.3) is 0 Å². The number of rotatable bonds is 1. The molecule has 0 saturated heterocycles. The highest BCUT2D eigenvalue weighted by atomic mass is 16.5. The molecule has 0 N–H and O–H groups in total. The summed E-state index contributed by atoms with van der Waals surface area (Å²) in [5.41, 5.74) is 0.729. The molecule has 2 aromatic rings. The van der Waals surface area contributed by atoms with Gasteiger partial charge in [0.05, 0.1) is 14.2 Å². The third kappa shape index (κ3) is 1.44. The Balaban J connectivity index is 2.71. The van der Waals surface area contributed by atoms with Crippen molar-refractivity contribution in [3.05, 3.63) is 30.5 Å². The topological polar surface area (TPSA) is 40.5 Å². The fourth-order valence-corrected chi connectivity index (χ4v) is 1.58. The highest BCUT2D eigenvalue weighted by Gasteiger charge is 2.12. The zero-order valence-corrected chi connectivity index (χ0v) is 8.56. The fraction of sp³-hybridized carbons (Fsp3) is 0.182. The normalized spacial score (nSPS) is 10.3. The van der Waals surface area contributed by atoms with Gasteiger partial charge in [-0.05, 0) is 12.1 Å². The number of methoxy groups -OCH3 is 2. The molecule has 0 saturated carbocycles. The Bertz CT molecular complexity index is 502. The van der Waals surface area contributed by atoms with Crippen LogP contribution in [0.1, 0.15) is 0 Å². The van der Waals surface area contributed by atoms with Crippen LogP contribution in [-0.4, -0.2) is 24.9 Å². The summed E-state index contributed by atoms with van der Waals surface area (Å²) in [7, 11) is 2.92. The average molecular weight is 205 g/mol. The first-order chi connectivity index (χ1) is 7.27. The van der Waals surface area contributed by atoms with Crippen LogP contribution in [0.15, 0.2) is 30.5 Å². The number of hydrogen-bond donors (Lipinski definition) is 0. The van der Waals surface area contributed by atoms with Gasteiger partial charge in [-0.25, -0.2) is 9.36 Å². The van der Waals surface area contributed by atoms with Gasteiger partial charge in [0, 0.05) is 11.6 Å². The standard InChI is InChI=1S/C11H11NO3/c1-14-9-5-3-4-8-6-7-12(10(8)9)11(13)15-2/h3-7H,1-2H3. The Morgan fingerprint density at radius 2 is 2.07 bits per heavy atom. The molecule has 0 amide bonds. The number of fused-ring (bicyclic) bond motifs is 1. The molecule has 0 spiro atoms. The summed E-state index contributed by atoms with van der Waals surface area (Å²) in [5.74, 6) is 0.655. The smallest absolute Gasteiger partial charge is 0.418 e. The first-order valence-corrected chi connectivity index (χ1v) is 4.50. The van der Waals surface area contributed by atoms with Crippen molar-refractivity contribution in [3.8, 4) is 5.75 Å². The minimum absolute atomic E-state index is 0.422. The van der Waals surface area contributed by atoms with E-state index in [2.05, 4.69) is 4.74 Å². The molecule has 0 aliphatic heterocycles. The second-order valence-corrected chi connectivity index (χ2v) is 3.05. The molecular formula is C11H11NO3. The van der Waals surface area contributed by atoms with E-state index < -0.39 is 6.09 Å². The lowest BCUT2D eigenvalue weighted by Gasteiger charge is -2.06. The van der Waals surface area contributed by atoms with Crippen LogP contribution in [0, 0.1) is 0 Å². The third-order valence-electron chi connectivity index (χ3n) is 2.27. The van der Waals surface area contributed by atoms with Gasteiger partial charge in [0.1, 0.15) is 11.3 Å². The van der Waals surface area contributed by atoms with Crippen molar-refractivity contribution in [2.75, 3.05) is 14.2 Å². The number of nitrogens with zero attached hydrogens (tertiary/aromatic N) is 1. The van der Waals surface area contributed by atoms with Crippen LogP contribution in [0.4, 0.5) is 4.79 Å². The molecule has 0 bridgehead atoms. The number of carbonyl (C=O) groups is 1. The summed E-state index contributed by atoms with van der Waals surface area (Å²) in [6.45, 7) is 0. The number of carbonyl (C=O) groups excluding carboxylic acids is 1. The van der Waals surface area contributed by atoms with Crippen LogP contribution >= 0.6 is 0 Å². The molecule has 78 valence electrons. The minimum Gasteiger partial charge on any atom is -0.495 e. The van der Waals surface area contributed by atoms with Gasteiger partial charge in [0.15, 0.2) is 0 Å². The van der Waals surface area contributed by atoms with E-state index in [1.54, 1.807) is 13.3 Å². The van der Waals surface area contributed by atoms with Crippen LogP contribution in [0.3, 0.4) is 0 Å². The lowest BCUT2D eigenvalue weighted by atomic mass is 10.2. The Morgan fingerprint density at radius 1 is 1.27 bits per heavy atom. The van der Waals surface area contributed by atoms with E-state index in [-0.39, 0.29) is 0 Å². The quantitative estimate of drug-likeness (QED) is 0.717. The Kier molecular flexibility index (Phi) is 2.33. The SMILES string of the molecule is COC(=O)n1ccc2cccc(OC)c21. The first-order valence-electron chi connectivity index (χ1n) is 4.50. The molecule has 2 rings (SSSR count). The molecule has 0 aliphatic carbocycles. The van der Waals surface area contributed by atoms with E-state index in [9.17, 15) is 4.79 Å². The molecule has 1 heterocycles. The summed E-state index contributed by atoms with van der Waals surface area (Å²) in [6.07, 6.45) is 1.24. The molecule has 0 fully saturated rings. The lowest BCUT2D eigenvalue weighted by Crippen LogP contribution is -2.10. The van der Waals surface area contributed by atoms with Gasteiger partial charge in [-0.15, -0.1) is 0 Å². The van der Waals surface area contributed by atoms with Gasteiger partial charge < -0.3 is 9.47 Å². The Morgan fingerprint density at radius 3 is 2.73 bits per heavy atom. The molecule has 0 aliphatic rings. The number of benzene rings is 1. The maximum absolute atomic E-state index is 11.4. The summed E-state index contributed by atoms with van der Waals surface area (Å²) in [4.78, 5) is 11.4. The molecular weight excluding hydrogens is 194 g/mol. The van der Waals surface area contributed by atoms with Gasteiger partial charge in [-0.1, -0.05) is 12.1 Å². The monoisotopic (exact) mass is 205 g/mol. The van der Waals surface area contributed by atoms with Crippen LogP contribution in [0.2, 0.25) is 0 Å². The van der Waals surface area contributed by atoms with Crippen molar-refractivity contribution in [1.82, 2.24) is 4.57 Å². The van der Waals surface area contributed by atoms with Crippen molar-refractivity contribution in [1.29, 1.82) is 0 Å². The molecule has 1 aromatic heterocycles. The Hall–Kier alpha value is -1.97. The molecule has 15 heavy (non-hydrogen) atoms. The molecule has 0 radical (unpaired) electrons. The zero-order valence-electron chi connectivity index (χ0n) is 8.56. The van der Waals surface area contributed by atoms with E-state index in [1.807, 2.05) is 24.3 Å². The molecule has 4 heteroatoms. The lowest BCUT2D eigenvalue weighted by molar-refractivity contribution is 0.174. The number of aromatic nitrogens is 1. The van der Waals surface area contributed by atoms with Crippen LogP contribution < -0.4 is 4.74 Å². The zero-order chi connectivity index (χ0) is 10.8. The van der Waals surface area contributed by atoms with Gasteiger partial charge in [-0.2, -0.15) is 0 Å². The fourth-order valence-electron chi connectivity index (χ4n) is 1.58. The van der Waals surface area contributed by atoms with Gasteiger partial charge in [0.2, 0.25) is 0 Å². The predicted molar refractivity (Wildman–Crippen MR) is 56.3 cm³/mol. The number of ether oxygens (including phenoxy) is 2. The highest BCUT2D eigenvalue weighted by Crippen LogP contribution is 2.26. The molecule has 4 nitrogen and oxygen atoms in total. The van der Waals surface area contributed by atoms with Crippen LogP contribution in [-0.2, 0) is 4.74 Å². The van der Waals surface area contributed by atoms with Gasteiger partial charge in [-0.3, -0.25) is 0 Å². The molecule has 0 atom stereocenters. The van der Waals surface area contributed by atoms with E-state index in [0.29, 0.717) is 5.75 Å². The first kappa shape index (κ1) is 9.58. The van der Waals surface area contributed by atoms with E-state index >= 15 is 0 Å². The van der Waals surface area contributed by atoms with E-state index in [4.69, 9.17) is 4.74 Å².